The number of esters is 1. The second-order valence-electron chi connectivity index (χ2n) is 5.70. The summed E-state index contributed by atoms with van der Waals surface area (Å²) in [6.07, 6.45) is 0.143. The molecule has 1 aromatic carbocycles. The Labute approximate surface area is 153 Å². The van der Waals surface area contributed by atoms with Crippen LogP contribution in [0.15, 0.2) is 27.9 Å². The molecule has 0 radical (unpaired) electrons. The lowest BCUT2D eigenvalue weighted by molar-refractivity contribution is -0.141. The molecule has 1 atom stereocenters. The number of hydrogen-bond donors (Lipinski definition) is 1. The van der Waals surface area contributed by atoms with Crippen LogP contribution in [0.5, 0.6) is 11.5 Å². The second kappa shape index (κ2) is 7.45. The van der Waals surface area contributed by atoms with Crippen LogP contribution >= 0.6 is 15.9 Å². The first-order valence-corrected chi connectivity index (χ1v) is 8.56. The number of carbonyl (C=O) groups is 2. The smallest absolute Gasteiger partial charge is 0.336 e. The van der Waals surface area contributed by atoms with Gasteiger partial charge in [-0.1, -0.05) is 15.9 Å². The first-order valence-electron chi connectivity index (χ1n) is 7.77. The lowest BCUT2D eigenvalue weighted by Gasteiger charge is -2.27. The maximum Gasteiger partial charge on any atom is 0.336 e. The zero-order chi connectivity index (χ0) is 18.0. The van der Waals surface area contributed by atoms with Crippen LogP contribution < -0.4 is 14.8 Å². The van der Waals surface area contributed by atoms with Gasteiger partial charge in [0, 0.05) is 29.6 Å². The molecule has 2 aliphatic rings. The first kappa shape index (κ1) is 17.8. The van der Waals surface area contributed by atoms with E-state index >= 15 is 0 Å². The SMILES string of the molecule is COCCOC(=O)C1=C(C)NC(=O)C[C@@H]1c1cc2c(cc1Br)OCO2. The summed E-state index contributed by atoms with van der Waals surface area (Å²) in [5, 5.41) is 2.71. The molecular weight excluding hydrogens is 394 g/mol. The Morgan fingerprint density at radius 1 is 1.32 bits per heavy atom. The van der Waals surface area contributed by atoms with Crippen LogP contribution in [-0.2, 0) is 19.1 Å². The van der Waals surface area contributed by atoms with Gasteiger partial charge in [-0.2, -0.15) is 0 Å². The highest BCUT2D eigenvalue weighted by Gasteiger charge is 2.35. The van der Waals surface area contributed by atoms with Crippen LogP contribution in [0, 0.1) is 0 Å². The summed E-state index contributed by atoms with van der Waals surface area (Å²) in [6, 6.07) is 3.58. The van der Waals surface area contributed by atoms with Gasteiger partial charge in [0.05, 0.1) is 12.2 Å². The van der Waals surface area contributed by atoms with E-state index in [-0.39, 0.29) is 25.7 Å². The molecule has 134 valence electrons. The van der Waals surface area contributed by atoms with Crippen molar-refractivity contribution in [3.63, 3.8) is 0 Å². The number of amides is 1. The standard InChI is InChI=1S/C17H18BrNO6/c1-9-16(17(21)23-4-3-22-2)11(6-15(20)19-9)10-5-13-14(7-12(10)18)25-8-24-13/h5,7,11H,3-4,6,8H2,1-2H3,(H,19,20)/t11-/m1/s1. The number of fused-ring (bicyclic) bond motifs is 1. The molecule has 0 saturated carbocycles. The summed E-state index contributed by atoms with van der Waals surface area (Å²) in [5.74, 6) is 0.159. The van der Waals surface area contributed by atoms with E-state index in [0.29, 0.717) is 29.4 Å². The topological polar surface area (TPSA) is 83.1 Å². The molecule has 0 unspecified atom stereocenters. The Kier molecular flexibility index (Phi) is 5.29. The average Bonchev–Trinajstić information content (AvgIpc) is 3.00. The van der Waals surface area contributed by atoms with E-state index < -0.39 is 11.9 Å². The number of hydrogen-bond acceptors (Lipinski definition) is 6. The molecule has 0 fully saturated rings. The number of rotatable bonds is 5. The number of allylic oxidation sites excluding steroid dienone is 1. The predicted molar refractivity (Wildman–Crippen MR) is 91.3 cm³/mol. The Morgan fingerprint density at radius 2 is 2.04 bits per heavy atom. The van der Waals surface area contributed by atoms with Gasteiger partial charge in [0.2, 0.25) is 12.7 Å². The lowest BCUT2D eigenvalue weighted by Crippen LogP contribution is -2.34. The van der Waals surface area contributed by atoms with Crippen LogP contribution in [-0.4, -0.2) is 39.0 Å². The molecule has 25 heavy (non-hydrogen) atoms. The number of ether oxygens (including phenoxy) is 4. The molecule has 3 rings (SSSR count). The fourth-order valence-corrected chi connectivity index (χ4v) is 3.53. The fourth-order valence-electron chi connectivity index (χ4n) is 2.93. The van der Waals surface area contributed by atoms with Gasteiger partial charge in [-0.05, 0) is 24.6 Å². The van der Waals surface area contributed by atoms with Crippen molar-refractivity contribution >= 4 is 27.8 Å². The van der Waals surface area contributed by atoms with Crippen LogP contribution in [0.3, 0.4) is 0 Å². The molecule has 7 nitrogen and oxygen atoms in total. The summed E-state index contributed by atoms with van der Waals surface area (Å²) in [4.78, 5) is 24.6. The van der Waals surface area contributed by atoms with Crippen LogP contribution in [0.25, 0.3) is 0 Å². The highest BCUT2D eigenvalue weighted by atomic mass is 79.9. The predicted octanol–water partition coefficient (Wildman–Crippen LogP) is 2.24. The highest BCUT2D eigenvalue weighted by Crippen LogP contribution is 2.43. The van der Waals surface area contributed by atoms with Gasteiger partial charge in [0.25, 0.3) is 0 Å². The Hall–Kier alpha value is -2.06. The highest BCUT2D eigenvalue weighted by molar-refractivity contribution is 9.10. The minimum absolute atomic E-state index is 0.143. The molecule has 0 aromatic heterocycles. The molecule has 1 amide bonds. The molecule has 0 spiro atoms. The summed E-state index contributed by atoms with van der Waals surface area (Å²) >= 11 is 3.50. The van der Waals surface area contributed by atoms with E-state index in [4.69, 9.17) is 18.9 Å². The van der Waals surface area contributed by atoms with Crippen molar-refractivity contribution in [2.24, 2.45) is 0 Å². The monoisotopic (exact) mass is 411 g/mol. The maximum atomic E-state index is 12.6. The summed E-state index contributed by atoms with van der Waals surface area (Å²) < 4.78 is 21.7. The number of benzene rings is 1. The number of halogens is 1. The van der Waals surface area contributed by atoms with Gasteiger partial charge in [-0.15, -0.1) is 0 Å². The van der Waals surface area contributed by atoms with Crippen molar-refractivity contribution < 1.29 is 28.5 Å². The molecule has 1 N–H and O–H groups in total. The van der Waals surface area contributed by atoms with Crippen LogP contribution in [0.4, 0.5) is 0 Å². The Bertz CT molecular complexity index is 745. The summed E-state index contributed by atoms with van der Waals surface area (Å²) in [6.45, 7) is 2.30. The van der Waals surface area contributed by atoms with Gasteiger partial charge in [0.15, 0.2) is 11.5 Å². The van der Waals surface area contributed by atoms with Crippen LogP contribution in [0.2, 0.25) is 0 Å². The zero-order valence-corrected chi connectivity index (χ0v) is 15.5. The molecule has 0 bridgehead atoms. The van der Waals surface area contributed by atoms with Gasteiger partial charge in [-0.3, -0.25) is 4.79 Å². The lowest BCUT2D eigenvalue weighted by atomic mass is 9.84. The van der Waals surface area contributed by atoms with Gasteiger partial charge >= 0.3 is 5.97 Å². The Balaban J connectivity index is 1.96. The van der Waals surface area contributed by atoms with Crippen molar-refractivity contribution in [2.75, 3.05) is 27.1 Å². The van der Waals surface area contributed by atoms with E-state index in [1.807, 2.05) is 0 Å². The minimum Gasteiger partial charge on any atom is -0.460 e. The number of carbonyl (C=O) groups excluding carboxylic acids is 2. The third kappa shape index (κ3) is 3.64. The van der Waals surface area contributed by atoms with Crippen LogP contribution in [0.1, 0.15) is 24.8 Å². The molecule has 8 heteroatoms. The minimum atomic E-state index is -0.468. The van der Waals surface area contributed by atoms with E-state index in [2.05, 4.69) is 21.2 Å². The van der Waals surface area contributed by atoms with Crippen molar-refractivity contribution in [2.45, 2.75) is 19.3 Å². The van der Waals surface area contributed by atoms with E-state index in [1.165, 1.54) is 7.11 Å². The van der Waals surface area contributed by atoms with Crippen molar-refractivity contribution in [1.29, 1.82) is 0 Å². The first-order chi connectivity index (χ1) is 12.0. The van der Waals surface area contributed by atoms with E-state index in [0.717, 1.165) is 10.0 Å². The third-order valence-electron chi connectivity index (χ3n) is 4.08. The number of methoxy groups -OCH3 is 1. The molecule has 0 aliphatic carbocycles. The van der Waals surface area contributed by atoms with E-state index in [9.17, 15) is 9.59 Å². The van der Waals surface area contributed by atoms with Crippen molar-refractivity contribution in [3.8, 4) is 11.5 Å². The Morgan fingerprint density at radius 3 is 2.76 bits per heavy atom. The van der Waals surface area contributed by atoms with Gasteiger partial charge in [-0.25, -0.2) is 4.79 Å². The van der Waals surface area contributed by atoms with Gasteiger partial charge in [0.1, 0.15) is 6.61 Å². The van der Waals surface area contributed by atoms with E-state index in [1.54, 1.807) is 19.1 Å². The average molecular weight is 412 g/mol. The molecule has 1 aromatic rings. The fraction of sp³-hybridized carbons (Fsp3) is 0.412. The molecule has 0 saturated heterocycles. The maximum absolute atomic E-state index is 12.6. The largest absolute Gasteiger partial charge is 0.460 e. The third-order valence-corrected chi connectivity index (χ3v) is 4.76. The van der Waals surface area contributed by atoms with Crippen molar-refractivity contribution in [3.05, 3.63) is 33.4 Å². The molecular formula is C17H18BrNO6. The summed E-state index contributed by atoms with van der Waals surface area (Å²) in [7, 11) is 1.53. The van der Waals surface area contributed by atoms with Gasteiger partial charge < -0.3 is 24.3 Å². The zero-order valence-electron chi connectivity index (χ0n) is 13.9. The number of nitrogens with one attached hydrogen (secondary N) is 1. The normalized spacial score (nSPS) is 19.0. The molecule has 2 heterocycles. The summed E-state index contributed by atoms with van der Waals surface area (Å²) in [5.41, 5.74) is 1.70. The second-order valence-corrected chi connectivity index (χ2v) is 6.55. The van der Waals surface area contributed by atoms with Crippen molar-refractivity contribution in [1.82, 2.24) is 5.32 Å². The molecule has 2 aliphatic heterocycles. The quantitative estimate of drug-likeness (QED) is 0.590.